The Morgan fingerprint density at radius 2 is 1.92 bits per heavy atom. The molecule has 4 rings (SSSR count). The molecule has 2 aromatic carbocycles. The van der Waals surface area contributed by atoms with Gasteiger partial charge in [0.25, 0.3) is 5.95 Å². The van der Waals surface area contributed by atoms with Crippen molar-refractivity contribution in [1.82, 2.24) is 15.2 Å². The first-order valence-corrected chi connectivity index (χ1v) is 8.25. The quantitative estimate of drug-likeness (QED) is 0.791. The Labute approximate surface area is 141 Å². The van der Waals surface area contributed by atoms with E-state index in [1.807, 2.05) is 12.1 Å². The molecule has 0 fully saturated rings. The maximum Gasteiger partial charge on any atom is 0.251 e. The molecule has 5 nitrogen and oxygen atoms in total. The molecule has 0 unspecified atom stereocenters. The Hall–Kier alpha value is -2.95. The van der Waals surface area contributed by atoms with Crippen LogP contribution < -0.4 is 10.2 Å². The van der Waals surface area contributed by atoms with Gasteiger partial charge in [0.2, 0.25) is 0 Å². The minimum Gasteiger partial charge on any atom is -0.339 e. The zero-order valence-electron chi connectivity index (χ0n) is 13.6. The number of nitrogens with zero attached hydrogens (tertiary/aromatic N) is 4. The summed E-state index contributed by atoms with van der Waals surface area (Å²) in [7, 11) is 0. The molecule has 1 aliphatic heterocycles. The highest BCUT2D eigenvalue weighted by Crippen LogP contribution is 2.32. The summed E-state index contributed by atoms with van der Waals surface area (Å²) < 4.78 is 0. The van der Waals surface area contributed by atoms with E-state index in [1.165, 1.54) is 16.8 Å². The highest BCUT2D eigenvalue weighted by Gasteiger charge is 2.22. The second kappa shape index (κ2) is 6.28. The fourth-order valence-corrected chi connectivity index (χ4v) is 3.10. The van der Waals surface area contributed by atoms with Gasteiger partial charge in [-0.05, 0) is 36.1 Å². The molecule has 0 spiro atoms. The molecule has 0 saturated heterocycles. The van der Waals surface area contributed by atoms with Gasteiger partial charge in [-0.2, -0.15) is 10.1 Å². The summed E-state index contributed by atoms with van der Waals surface area (Å²) in [5.74, 6) is 1.35. The van der Waals surface area contributed by atoms with Gasteiger partial charge in [0.1, 0.15) is 0 Å². The van der Waals surface area contributed by atoms with Crippen LogP contribution in [0.5, 0.6) is 0 Å². The molecule has 24 heavy (non-hydrogen) atoms. The van der Waals surface area contributed by atoms with Crippen molar-refractivity contribution in [3.63, 3.8) is 0 Å². The molecule has 0 amide bonds. The summed E-state index contributed by atoms with van der Waals surface area (Å²) in [5.41, 5.74) is 4.82. The van der Waals surface area contributed by atoms with E-state index in [0.717, 1.165) is 25.1 Å². The summed E-state index contributed by atoms with van der Waals surface area (Å²) in [4.78, 5) is 6.79. The summed E-state index contributed by atoms with van der Waals surface area (Å²) in [5, 5.41) is 11.7. The molecule has 1 aliphatic rings. The molecule has 0 atom stereocenters. The van der Waals surface area contributed by atoms with Gasteiger partial charge in [-0.1, -0.05) is 43.3 Å². The number of nitrogens with one attached hydrogen (secondary N) is 1. The lowest BCUT2D eigenvalue weighted by atomic mass is 10.1. The third-order valence-electron chi connectivity index (χ3n) is 4.34. The fourth-order valence-electron chi connectivity index (χ4n) is 3.10. The Bertz CT molecular complexity index is 862. The molecule has 0 bridgehead atoms. The van der Waals surface area contributed by atoms with E-state index < -0.39 is 0 Å². The average molecular weight is 317 g/mol. The number of para-hydroxylation sites is 2. The molecule has 2 heterocycles. The second-order valence-electron chi connectivity index (χ2n) is 5.81. The number of fused-ring (bicyclic) bond motifs is 1. The van der Waals surface area contributed by atoms with Crippen molar-refractivity contribution in [2.45, 2.75) is 19.8 Å². The van der Waals surface area contributed by atoms with Crippen LogP contribution in [0.3, 0.4) is 0 Å². The van der Waals surface area contributed by atoms with Crippen LogP contribution in [0.2, 0.25) is 0 Å². The fraction of sp³-hybridized carbons (Fsp3) is 0.211. The summed E-state index contributed by atoms with van der Waals surface area (Å²) >= 11 is 0. The molecule has 0 aliphatic carbocycles. The van der Waals surface area contributed by atoms with Crippen molar-refractivity contribution < 1.29 is 0 Å². The van der Waals surface area contributed by atoms with Crippen LogP contribution >= 0.6 is 0 Å². The molecule has 3 aromatic rings. The Kier molecular flexibility index (Phi) is 3.83. The molecule has 0 saturated carbocycles. The van der Waals surface area contributed by atoms with E-state index in [0.29, 0.717) is 11.8 Å². The van der Waals surface area contributed by atoms with Gasteiger partial charge >= 0.3 is 0 Å². The summed E-state index contributed by atoms with van der Waals surface area (Å²) in [6.45, 7) is 3.03. The van der Waals surface area contributed by atoms with Gasteiger partial charge in [-0.25, -0.2) is 0 Å². The van der Waals surface area contributed by atoms with E-state index in [9.17, 15) is 0 Å². The van der Waals surface area contributed by atoms with Crippen LogP contribution in [-0.4, -0.2) is 21.7 Å². The van der Waals surface area contributed by atoms with Gasteiger partial charge in [-0.3, -0.25) is 0 Å². The van der Waals surface area contributed by atoms with E-state index in [1.54, 1.807) is 6.20 Å². The van der Waals surface area contributed by atoms with Crippen LogP contribution in [0.25, 0.3) is 0 Å². The lowest BCUT2D eigenvalue weighted by Gasteiger charge is -2.17. The minimum atomic E-state index is 0.638. The lowest BCUT2D eigenvalue weighted by molar-refractivity contribution is 0.887. The Morgan fingerprint density at radius 3 is 2.83 bits per heavy atom. The van der Waals surface area contributed by atoms with Crippen LogP contribution in [0.1, 0.15) is 18.1 Å². The normalized spacial score (nSPS) is 13.0. The third-order valence-corrected chi connectivity index (χ3v) is 4.34. The molecule has 5 heteroatoms. The van der Waals surface area contributed by atoms with E-state index in [-0.39, 0.29) is 0 Å². The Morgan fingerprint density at radius 1 is 1.08 bits per heavy atom. The maximum atomic E-state index is 4.67. The van der Waals surface area contributed by atoms with Gasteiger partial charge < -0.3 is 10.2 Å². The van der Waals surface area contributed by atoms with Crippen molar-refractivity contribution in [3.8, 4) is 0 Å². The molecule has 1 N–H and O–H groups in total. The lowest BCUT2D eigenvalue weighted by Crippen LogP contribution is -2.17. The number of hydrogen-bond donors (Lipinski definition) is 1. The number of aryl methyl sites for hydroxylation is 1. The molecule has 0 radical (unpaired) electrons. The van der Waals surface area contributed by atoms with E-state index in [2.05, 4.69) is 68.7 Å². The van der Waals surface area contributed by atoms with Crippen molar-refractivity contribution in [2.24, 2.45) is 0 Å². The van der Waals surface area contributed by atoms with Crippen LogP contribution in [0, 0.1) is 0 Å². The predicted molar refractivity (Wildman–Crippen MR) is 96.1 cm³/mol. The highest BCUT2D eigenvalue weighted by molar-refractivity contribution is 5.67. The number of rotatable bonds is 4. The minimum absolute atomic E-state index is 0.638. The number of anilines is 4. The SMILES string of the molecule is CCc1ccccc1Nc1cnnc(N2CCc3ccccc32)n1. The standard InChI is InChI=1S/C19H19N5/c1-2-14-7-3-5-9-16(14)21-18-13-20-23-19(22-18)24-12-11-15-8-4-6-10-17(15)24/h3-10,13H,2,11-12H2,1H3,(H,21,22,23). The third kappa shape index (κ3) is 2.69. The maximum absolute atomic E-state index is 4.67. The molecular weight excluding hydrogens is 298 g/mol. The number of benzene rings is 2. The number of aromatic nitrogens is 3. The van der Waals surface area contributed by atoms with Crippen molar-refractivity contribution in [1.29, 1.82) is 0 Å². The van der Waals surface area contributed by atoms with Crippen LogP contribution in [-0.2, 0) is 12.8 Å². The van der Waals surface area contributed by atoms with E-state index >= 15 is 0 Å². The molecule has 120 valence electrons. The first-order chi connectivity index (χ1) is 11.8. The topological polar surface area (TPSA) is 53.9 Å². The summed E-state index contributed by atoms with van der Waals surface area (Å²) in [6.07, 6.45) is 3.64. The number of hydrogen-bond acceptors (Lipinski definition) is 5. The van der Waals surface area contributed by atoms with Gasteiger partial charge in [-0.15, -0.1) is 5.10 Å². The Balaban J connectivity index is 1.63. The monoisotopic (exact) mass is 317 g/mol. The van der Waals surface area contributed by atoms with Crippen LogP contribution in [0.4, 0.5) is 23.1 Å². The van der Waals surface area contributed by atoms with Gasteiger partial charge in [0.15, 0.2) is 5.82 Å². The second-order valence-corrected chi connectivity index (χ2v) is 5.81. The van der Waals surface area contributed by atoms with Crippen molar-refractivity contribution >= 4 is 23.1 Å². The largest absolute Gasteiger partial charge is 0.339 e. The highest BCUT2D eigenvalue weighted by atomic mass is 15.3. The van der Waals surface area contributed by atoms with E-state index in [4.69, 9.17) is 0 Å². The first kappa shape index (κ1) is 14.6. The molecule has 1 aromatic heterocycles. The van der Waals surface area contributed by atoms with Gasteiger partial charge in [0, 0.05) is 17.9 Å². The smallest absolute Gasteiger partial charge is 0.251 e. The zero-order valence-corrected chi connectivity index (χ0v) is 13.6. The molecular formula is C19H19N5. The van der Waals surface area contributed by atoms with Crippen LogP contribution in [0.15, 0.2) is 54.7 Å². The van der Waals surface area contributed by atoms with Gasteiger partial charge in [0.05, 0.1) is 6.20 Å². The summed E-state index contributed by atoms with van der Waals surface area (Å²) in [6, 6.07) is 16.6. The van der Waals surface area contributed by atoms with Crippen molar-refractivity contribution in [2.75, 3.05) is 16.8 Å². The first-order valence-electron chi connectivity index (χ1n) is 8.25. The average Bonchev–Trinajstić information content (AvgIpc) is 3.06. The zero-order chi connectivity index (χ0) is 16.4. The van der Waals surface area contributed by atoms with Crippen molar-refractivity contribution in [3.05, 3.63) is 65.9 Å². The predicted octanol–water partition coefficient (Wildman–Crippen LogP) is 3.87.